The van der Waals surface area contributed by atoms with Gasteiger partial charge >= 0.3 is 6.09 Å². The summed E-state index contributed by atoms with van der Waals surface area (Å²) in [4.78, 5) is 27.9. The topological polar surface area (TPSA) is 91.3 Å². The minimum Gasteiger partial charge on any atom is -0.493 e. The van der Waals surface area contributed by atoms with E-state index in [9.17, 15) is 14.0 Å². The van der Waals surface area contributed by atoms with E-state index in [4.69, 9.17) is 18.9 Å². The van der Waals surface area contributed by atoms with Crippen molar-refractivity contribution < 1.29 is 32.9 Å². The van der Waals surface area contributed by atoms with E-state index in [-0.39, 0.29) is 17.1 Å². The van der Waals surface area contributed by atoms with Gasteiger partial charge in [-0.05, 0) is 61.9 Å². The molecule has 0 fully saturated rings. The number of hydrogen-bond donors (Lipinski definition) is 1. The second-order valence-corrected chi connectivity index (χ2v) is 8.85. The molecule has 0 saturated heterocycles. The Morgan fingerprint density at radius 2 is 1.52 bits per heavy atom. The number of aromatic nitrogens is 1. The minimum atomic E-state index is -0.529. The predicted molar refractivity (Wildman–Crippen MR) is 150 cm³/mol. The molecule has 40 heavy (non-hydrogen) atoms. The van der Waals surface area contributed by atoms with Crippen LogP contribution in [0.15, 0.2) is 60.8 Å². The van der Waals surface area contributed by atoms with Gasteiger partial charge in [0.1, 0.15) is 5.82 Å². The zero-order valence-corrected chi connectivity index (χ0v) is 23.1. The van der Waals surface area contributed by atoms with Gasteiger partial charge in [-0.15, -0.1) is 0 Å². The molecule has 0 saturated carbocycles. The van der Waals surface area contributed by atoms with Gasteiger partial charge in [0.2, 0.25) is 5.75 Å². The molecular weight excluding hydrogens is 517 g/mol. The van der Waals surface area contributed by atoms with Crippen molar-refractivity contribution in [3.63, 3.8) is 0 Å². The maximum absolute atomic E-state index is 13.6. The normalized spacial score (nSPS) is 10.8. The van der Waals surface area contributed by atoms with Crippen LogP contribution in [0.1, 0.15) is 29.8 Å². The first-order chi connectivity index (χ1) is 19.3. The average molecular weight is 550 g/mol. The highest BCUT2D eigenvalue weighted by molar-refractivity contribution is 6.11. The highest BCUT2D eigenvalue weighted by Crippen LogP contribution is 2.39. The number of methoxy groups -OCH3 is 3. The lowest BCUT2D eigenvalue weighted by Gasteiger charge is -2.20. The van der Waals surface area contributed by atoms with Crippen LogP contribution in [0.2, 0.25) is 0 Å². The molecule has 1 N–H and O–H groups in total. The van der Waals surface area contributed by atoms with Crippen LogP contribution >= 0.6 is 0 Å². The number of hydrogen-bond acceptors (Lipinski definition) is 6. The van der Waals surface area contributed by atoms with Crippen molar-refractivity contribution in [3.05, 3.63) is 77.7 Å². The molecule has 1 heterocycles. The number of ether oxygens (including phenoxy) is 4. The Bertz CT molecular complexity index is 1490. The van der Waals surface area contributed by atoms with Crippen molar-refractivity contribution in [2.24, 2.45) is 0 Å². The van der Waals surface area contributed by atoms with Gasteiger partial charge in [0.15, 0.2) is 17.2 Å². The fourth-order valence-electron chi connectivity index (χ4n) is 4.43. The van der Waals surface area contributed by atoms with Gasteiger partial charge < -0.3 is 33.7 Å². The molecule has 0 aliphatic carbocycles. The molecule has 0 bridgehead atoms. The lowest BCUT2D eigenvalue weighted by molar-refractivity contribution is 0.102. The van der Waals surface area contributed by atoms with E-state index < -0.39 is 12.0 Å². The van der Waals surface area contributed by atoms with Crippen LogP contribution in [0.25, 0.3) is 10.9 Å². The fourth-order valence-corrected chi connectivity index (χ4v) is 4.43. The summed E-state index contributed by atoms with van der Waals surface area (Å²) in [5.74, 6) is 0.420. The maximum atomic E-state index is 13.6. The largest absolute Gasteiger partial charge is 0.493 e. The number of nitrogens with one attached hydrogen (secondary N) is 1. The number of carbonyl (C=O) groups excluding carboxylic acids is 2. The molecule has 0 aliphatic heterocycles. The third-order valence-corrected chi connectivity index (χ3v) is 6.57. The summed E-state index contributed by atoms with van der Waals surface area (Å²) in [6, 6.07) is 14.6. The van der Waals surface area contributed by atoms with Crippen LogP contribution in [0.5, 0.6) is 23.0 Å². The number of fused-ring (bicyclic) bond motifs is 1. The average Bonchev–Trinajstić information content (AvgIpc) is 3.37. The van der Waals surface area contributed by atoms with Crippen molar-refractivity contribution in [2.75, 3.05) is 39.7 Å². The zero-order valence-electron chi connectivity index (χ0n) is 23.1. The molecule has 0 atom stereocenters. The Balaban J connectivity index is 1.77. The Labute approximate surface area is 232 Å². The van der Waals surface area contributed by atoms with E-state index in [1.165, 1.54) is 50.5 Å². The molecule has 1 aromatic heterocycles. The number of carbonyl (C=O) groups is 2. The maximum Gasteiger partial charge on any atom is 0.415 e. The van der Waals surface area contributed by atoms with Gasteiger partial charge in [0.25, 0.3) is 5.91 Å². The predicted octanol–water partition coefficient (Wildman–Crippen LogP) is 5.95. The molecule has 2 amide bonds. The zero-order chi connectivity index (χ0) is 28.8. The summed E-state index contributed by atoms with van der Waals surface area (Å²) in [7, 11) is 4.41. The second kappa shape index (κ2) is 12.4. The van der Waals surface area contributed by atoms with Gasteiger partial charge in [-0.25, -0.2) is 9.18 Å². The monoisotopic (exact) mass is 549 g/mol. The first kappa shape index (κ1) is 28.3. The summed E-state index contributed by atoms with van der Waals surface area (Å²) in [5.41, 5.74) is 2.26. The van der Waals surface area contributed by atoms with Crippen LogP contribution in [-0.2, 0) is 6.54 Å². The number of amides is 2. The van der Waals surface area contributed by atoms with Gasteiger partial charge in [0.05, 0.1) is 32.5 Å². The van der Waals surface area contributed by atoms with E-state index in [2.05, 4.69) is 5.32 Å². The van der Waals surface area contributed by atoms with E-state index in [1.807, 2.05) is 36.7 Å². The highest BCUT2D eigenvalue weighted by Gasteiger charge is 2.22. The Hall–Kier alpha value is -4.73. The molecule has 4 aromatic rings. The number of anilines is 1. The molecule has 0 spiro atoms. The molecule has 9 nitrogen and oxygen atoms in total. The molecule has 0 aliphatic rings. The Morgan fingerprint density at radius 3 is 2.10 bits per heavy atom. The summed E-state index contributed by atoms with van der Waals surface area (Å²) < 4.78 is 37.3. The lowest BCUT2D eigenvalue weighted by atomic mass is 10.1. The number of nitrogens with zero attached hydrogens (tertiary/aromatic N) is 2. The van der Waals surface area contributed by atoms with E-state index >= 15 is 0 Å². The van der Waals surface area contributed by atoms with Crippen LogP contribution in [0.3, 0.4) is 0 Å². The summed E-state index contributed by atoms with van der Waals surface area (Å²) in [6.07, 6.45) is 1.33. The van der Waals surface area contributed by atoms with Gasteiger partial charge in [-0.3, -0.25) is 4.79 Å². The molecule has 0 radical (unpaired) electrons. The smallest absolute Gasteiger partial charge is 0.415 e. The fraction of sp³-hybridized carbons (Fsp3) is 0.267. The molecule has 0 unspecified atom stereocenters. The highest BCUT2D eigenvalue weighted by atomic mass is 19.1. The van der Waals surface area contributed by atoms with Gasteiger partial charge in [-0.2, -0.15) is 0 Å². The lowest BCUT2D eigenvalue weighted by Crippen LogP contribution is -2.33. The number of benzene rings is 3. The minimum absolute atomic E-state index is 0.199. The summed E-state index contributed by atoms with van der Waals surface area (Å²) in [6.45, 7) is 5.13. The van der Waals surface area contributed by atoms with Crippen molar-refractivity contribution >= 4 is 28.6 Å². The van der Waals surface area contributed by atoms with Crippen LogP contribution in [-0.4, -0.2) is 55.9 Å². The molecule has 4 rings (SSSR count). The van der Waals surface area contributed by atoms with Crippen LogP contribution in [0, 0.1) is 5.82 Å². The van der Waals surface area contributed by atoms with Crippen molar-refractivity contribution in [3.8, 4) is 23.0 Å². The van der Waals surface area contributed by atoms with E-state index in [0.717, 1.165) is 11.1 Å². The van der Waals surface area contributed by atoms with E-state index in [1.54, 1.807) is 18.2 Å². The summed E-state index contributed by atoms with van der Waals surface area (Å²) in [5, 5.41) is 3.59. The van der Waals surface area contributed by atoms with Gasteiger partial charge in [-0.1, -0.05) is 12.1 Å². The second-order valence-electron chi connectivity index (χ2n) is 8.85. The first-order valence-electron chi connectivity index (χ1n) is 12.8. The standard InChI is InChI=1S/C30H32FN3O6/c1-6-33(7-2)30(36)40-24-13-12-23-22(14-15-34(23)18-19-8-10-21(31)11-9-19)27(24)32-29(35)20-16-25(37-3)28(39-5)26(17-20)38-4/h8-17H,6-7,18H2,1-5H3,(H,32,35). The Kier molecular flexibility index (Phi) is 8.78. The molecule has 10 heteroatoms. The van der Waals surface area contributed by atoms with Crippen molar-refractivity contribution in [2.45, 2.75) is 20.4 Å². The van der Waals surface area contributed by atoms with Crippen LogP contribution < -0.4 is 24.3 Å². The SMILES string of the molecule is CCN(CC)C(=O)Oc1ccc2c(ccn2Cc2ccc(F)cc2)c1NC(=O)c1cc(OC)c(OC)c(OC)c1. The molecule has 3 aromatic carbocycles. The van der Waals surface area contributed by atoms with Crippen molar-refractivity contribution in [1.29, 1.82) is 0 Å². The Morgan fingerprint density at radius 1 is 0.875 bits per heavy atom. The first-order valence-corrected chi connectivity index (χ1v) is 12.8. The quantitative estimate of drug-likeness (QED) is 0.263. The van der Waals surface area contributed by atoms with Crippen molar-refractivity contribution in [1.82, 2.24) is 9.47 Å². The third kappa shape index (κ3) is 5.80. The summed E-state index contributed by atoms with van der Waals surface area (Å²) >= 11 is 0. The van der Waals surface area contributed by atoms with Crippen LogP contribution in [0.4, 0.5) is 14.9 Å². The number of halogens is 1. The van der Waals surface area contributed by atoms with Gasteiger partial charge in [0, 0.05) is 36.8 Å². The van der Waals surface area contributed by atoms with E-state index in [0.29, 0.717) is 48.0 Å². The molecular formula is C30H32FN3O6. The third-order valence-electron chi connectivity index (χ3n) is 6.57. The number of rotatable bonds is 10. The molecule has 210 valence electrons.